The number of carbonyl (C=O) groups is 1. The zero-order valence-corrected chi connectivity index (χ0v) is 10.3. The Morgan fingerprint density at radius 2 is 2.08 bits per heavy atom. The summed E-state index contributed by atoms with van der Waals surface area (Å²) in [6.45, 7) is 0. The van der Waals surface area contributed by atoms with Crippen molar-refractivity contribution in [3.8, 4) is 0 Å². The van der Waals surface area contributed by atoms with E-state index in [-0.39, 0.29) is 5.91 Å². The van der Waals surface area contributed by atoms with E-state index in [0.29, 0.717) is 5.33 Å². The number of anilines is 1. The van der Waals surface area contributed by atoms with Crippen molar-refractivity contribution in [1.82, 2.24) is 0 Å². The van der Waals surface area contributed by atoms with Gasteiger partial charge in [-0.2, -0.15) is 0 Å². The number of para-hydroxylation sites is 1. The molecule has 0 aliphatic carbocycles. The van der Waals surface area contributed by atoms with Crippen LogP contribution in [0.25, 0.3) is 0 Å². The quantitative estimate of drug-likeness (QED) is 0.770. The molecule has 0 radical (unpaired) electrons. The monoisotopic (exact) mass is 305 g/mol. The molecule has 4 heteroatoms. The Labute approximate surface area is 94.2 Å². The van der Waals surface area contributed by atoms with E-state index in [1.165, 1.54) is 0 Å². The van der Waals surface area contributed by atoms with Gasteiger partial charge in [0, 0.05) is 11.5 Å². The molecule has 0 aromatic heterocycles. The third kappa shape index (κ3) is 2.54. The maximum Gasteiger partial charge on any atom is 0.237 e. The predicted molar refractivity (Wildman–Crippen MR) is 61.3 cm³/mol. The molecule has 0 aliphatic rings. The van der Waals surface area contributed by atoms with Gasteiger partial charge in [-0.3, -0.25) is 4.79 Å². The molecule has 1 rings (SSSR count). The second kappa shape index (κ2) is 4.77. The van der Waals surface area contributed by atoms with E-state index in [1.807, 2.05) is 24.3 Å². The van der Waals surface area contributed by atoms with Crippen LogP contribution in [0.3, 0.4) is 0 Å². The van der Waals surface area contributed by atoms with Gasteiger partial charge < -0.3 is 4.90 Å². The third-order valence-electron chi connectivity index (χ3n) is 1.70. The molecule has 2 nitrogen and oxygen atoms in total. The molecule has 0 N–H and O–H groups in total. The minimum absolute atomic E-state index is 0.0342. The first-order chi connectivity index (χ1) is 6.16. The van der Waals surface area contributed by atoms with Gasteiger partial charge in [-0.05, 0) is 28.1 Å². The van der Waals surface area contributed by atoms with Crippen LogP contribution < -0.4 is 4.90 Å². The van der Waals surface area contributed by atoms with E-state index in [4.69, 9.17) is 0 Å². The van der Waals surface area contributed by atoms with Gasteiger partial charge in [0.05, 0.1) is 11.0 Å². The topological polar surface area (TPSA) is 20.3 Å². The van der Waals surface area contributed by atoms with Crippen molar-refractivity contribution in [3.63, 3.8) is 0 Å². The number of benzene rings is 1. The predicted octanol–water partition coefficient (Wildman–Crippen LogP) is 2.81. The first kappa shape index (κ1) is 10.7. The van der Waals surface area contributed by atoms with Gasteiger partial charge in [-0.15, -0.1) is 0 Å². The van der Waals surface area contributed by atoms with Crippen LogP contribution in [0.1, 0.15) is 0 Å². The fourth-order valence-corrected chi connectivity index (χ4v) is 1.87. The number of alkyl halides is 1. The van der Waals surface area contributed by atoms with E-state index < -0.39 is 0 Å². The number of carbonyl (C=O) groups excluding carboxylic acids is 1. The average molecular weight is 307 g/mol. The lowest BCUT2D eigenvalue weighted by Gasteiger charge is -2.17. The van der Waals surface area contributed by atoms with Gasteiger partial charge in [0.15, 0.2) is 0 Å². The number of rotatable bonds is 2. The Hall–Kier alpha value is -0.350. The number of hydrogen-bond acceptors (Lipinski definition) is 1. The first-order valence-corrected chi connectivity index (χ1v) is 5.65. The fourth-order valence-electron chi connectivity index (χ4n) is 0.948. The summed E-state index contributed by atoms with van der Waals surface area (Å²) in [5.41, 5.74) is 0.881. The SMILES string of the molecule is CN(C(=O)CBr)c1ccccc1Br. The van der Waals surface area contributed by atoms with Crippen molar-refractivity contribution in [2.24, 2.45) is 0 Å². The highest BCUT2D eigenvalue weighted by molar-refractivity contribution is 9.10. The standard InChI is InChI=1S/C9H9Br2NO/c1-12(9(13)6-10)8-5-3-2-4-7(8)11/h2-5H,6H2,1H3. The van der Waals surface area contributed by atoms with Gasteiger partial charge in [0.2, 0.25) is 5.91 Å². The van der Waals surface area contributed by atoms with Crippen molar-refractivity contribution < 1.29 is 4.79 Å². The normalized spacial score (nSPS) is 9.77. The van der Waals surface area contributed by atoms with Crippen molar-refractivity contribution in [3.05, 3.63) is 28.7 Å². The zero-order valence-electron chi connectivity index (χ0n) is 7.13. The lowest BCUT2D eigenvalue weighted by molar-refractivity contribution is -0.115. The summed E-state index contributed by atoms with van der Waals surface area (Å²) >= 11 is 6.52. The minimum atomic E-state index is 0.0342. The van der Waals surface area contributed by atoms with Crippen LogP contribution in [0, 0.1) is 0 Å². The average Bonchev–Trinajstić information content (AvgIpc) is 2.16. The summed E-state index contributed by atoms with van der Waals surface area (Å²) in [5.74, 6) is 0.0342. The maximum atomic E-state index is 11.3. The lowest BCUT2D eigenvalue weighted by Crippen LogP contribution is -2.27. The first-order valence-electron chi connectivity index (χ1n) is 3.74. The molecule has 0 bridgehead atoms. The second-order valence-corrected chi connectivity index (χ2v) is 3.95. The van der Waals surface area contributed by atoms with Crippen molar-refractivity contribution >= 4 is 43.5 Å². The Morgan fingerprint density at radius 1 is 1.46 bits per heavy atom. The molecular weight excluding hydrogens is 298 g/mol. The molecule has 0 fully saturated rings. The highest BCUT2D eigenvalue weighted by Gasteiger charge is 2.10. The van der Waals surface area contributed by atoms with E-state index in [1.54, 1.807) is 11.9 Å². The molecule has 0 unspecified atom stereocenters. The summed E-state index contributed by atoms with van der Waals surface area (Å²) in [7, 11) is 1.75. The number of halogens is 2. The number of amides is 1. The van der Waals surface area contributed by atoms with E-state index >= 15 is 0 Å². The van der Waals surface area contributed by atoms with Crippen LogP contribution in [0.5, 0.6) is 0 Å². The molecule has 1 amide bonds. The summed E-state index contributed by atoms with van der Waals surface area (Å²) in [4.78, 5) is 12.9. The molecule has 0 saturated heterocycles. The van der Waals surface area contributed by atoms with Crippen LogP contribution >= 0.6 is 31.9 Å². The van der Waals surface area contributed by atoms with Gasteiger partial charge in [0.1, 0.15) is 0 Å². The summed E-state index contributed by atoms with van der Waals surface area (Å²) < 4.78 is 0.923. The maximum absolute atomic E-state index is 11.3. The Bertz CT molecular complexity index is 314. The summed E-state index contributed by atoms with van der Waals surface area (Å²) in [5, 5.41) is 0.338. The van der Waals surface area contributed by atoms with Crippen LogP contribution in [-0.2, 0) is 4.79 Å². The van der Waals surface area contributed by atoms with E-state index in [9.17, 15) is 4.79 Å². The Balaban J connectivity index is 2.95. The molecule has 1 aromatic carbocycles. The molecule has 0 saturated carbocycles. The molecule has 0 spiro atoms. The highest BCUT2D eigenvalue weighted by atomic mass is 79.9. The molecule has 0 aliphatic heterocycles. The molecule has 0 atom stereocenters. The fraction of sp³-hybridized carbons (Fsp3) is 0.222. The zero-order chi connectivity index (χ0) is 9.84. The van der Waals surface area contributed by atoms with E-state index in [0.717, 1.165) is 10.2 Å². The number of hydrogen-bond donors (Lipinski definition) is 0. The number of nitrogens with zero attached hydrogens (tertiary/aromatic N) is 1. The largest absolute Gasteiger partial charge is 0.314 e. The van der Waals surface area contributed by atoms with Crippen molar-refractivity contribution in [2.75, 3.05) is 17.3 Å². The van der Waals surface area contributed by atoms with Gasteiger partial charge in [-0.25, -0.2) is 0 Å². The molecule has 70 valence electrons. The van der Waals surface area contributed by atoms with E-state index in [2.05, 4.69) is 31.9 Å². The van der Waals surface area contributed by atoms with Gasteiger partial charge >= 0.3 is 0 Å². The summed E-state index contributed by atoms with van der Waals surface area (Å²) in [6.07, 6.45) is 0. The Morgan fingerprint density at radius 3 is 2.62 bits per heavy atom. The van der Waals surface area contributed by atoms with Crippen LogP contribution in [0.15, 0.2) is 28.7 Å². The lowest BCUT2D eigenvalue weighted by atomic mass is 10.3. The molecule has 13 heavy (non-hydrogen) atoms. The molecular formula is C9H9Br2NO. The molecule has 0 heterocycles. The van der Waals surface area contributed by atoms with Crippen molar-refractivity contribution in [2.45, 2.75) is 0 Å². The highest BCUT2D eigenvalue weighted by Crippen LogP contribution is 2.24. The van der Waals surface area contributed by atoms with Crippen LogP contribution in [-0.4, -0.2) is 18.3 Å². The second-order valence-electron chi connectivity index (χ2n) is 2.54. The van der Waals surface area contributed by atoms with Crippen LogP contribution in [0.2, 0.25) is 0 Å². The minimum Gasteiger partial charge on any atom is -0.314 e. The van der Waals surface area contributed by atoms with Gasteiger partial charge in [0.25, 0.3) is 0 Å². The van der Waals surface area contributed by atoms with Crippen molar-refractivity contribution in [1.29, 1.82) is 0 Å². The summed E-state index contributed by atoms with van der Waals surface area (Å²) in [6, 6.07) is 7.62. The molecule has 1 aromatic rings. The third-order valence-corrected chi connectivity index (χ3v) is 2.85. The smallest absolute Gasteiger partial charge is 0.237 e. The van der Waals surface area contributed by atoms with Gasteiger partial charge in [-0.1, -0.05) is 28.1 Å². The van der Waals surface area contributed by atoms with Crippen LogP contribution in [0.4, 0.5) is 5.69 Å². The Kier molecular flexibility index (Phi) is 3.93.